The first kappa shape index (κ1) is 12.0. The van der Waals surface area contributed by atoms with Crippen molar-refractivity contribution >= 4 is 23.3 Å². The van der Waals surface area contributed by atoms with Crippen LogP contribution in [0.25, 0.3) is 10.9 Å². The van der Waals surface area contributed by atoms with E-state index in [9.17, 15) is 5.11 Å². The molecule has 0 aliphatic heterocycles. The normalized spacial score (nSPS) is 14.6. The number of benzene rings is 1. The fourth-order valence-electron chi connectivity index (χ4n) is 1.55. The van der Waals surface area contributed by atoms with E-state index < -0.39 is 6.10 Å². The summed E-state index contributed by atoms with van der Waals surface area (Å²) >= 11 is 0. The Morgan fingerprint density at radius 3 is 2.73 bits per heavy atom. The maximum Gasteiger partial charge on any atom is 0.0704 e. The molecule has 15 heavy (non-hydrogen) atoms. The standard InChI is InChI=1S/C11H14N2O.ClH/c1-7(14)11(12)9-3-2-8-4-5-13-10(8)6-9;/h2-7,11,13-14H,12H2,1H3;1H/t7-,11-;/m1./s1. The quantitative estimate of drug-likeness (QED) is 0.733. The SMILES string of the molecule is C[C@@H](O)[C@@H](N)c1ccc2cc[nH]c2c1.Cl. The molecule has 0 saturated heterocycles. The van der Waals surface area contributed by atoms with E-state index in [1.165, 1.54) is 0 Å². The molecule has 0 bridgehead atoms. The fourth-order valence-corrected chi connectivity index (χ4v) is 1.55. The molecule has 3 nitrogen and oxygen atoms in total. The second-order valence-corrected chi connectivity index (χ2v) is 3.59. The summed E-state index contributed by atoms with van der Waals surface area (Å²) in [5, 5.41) is 10.5. The minimum absolute atomic E-state index is 0. The highest BCUT2D eigenvalue weighted by molar-refractivity contribution is 5.85. The molecule has 2 aromatic rings. The van der Waals surface area contributed by atoms with Gasteiger partial charge in [-0.3, -0.25) is 0 Å². The predicted octanol–water partition coefficient (Wildman–Crippen LogP) is 1.97. The second kappa shape index (κ2) is 4.66. The van der Waals surface area contributed by atoms with Crippen LogP contribution in [0.5, 0.6) is 0 Å². The summed E-state index contributed by atoms with van der Waals surface area (Å²) in [6.45, 7) is 1.70. The van der Waals surface area contributed by atoms with Crippen LogP contribution in [-0.2, 0) is 0 Å². The molecule has 0 amide bonds. The average molecular weight is 227 g/mol. The monoisotopic (exact) mass is 226 g/mol. The van der Waals surface area contributed by atoms with Crippen LogP contribution < -0.4 is 5.73 Å². The third-order valence-electron chi connectivity index (χ3n) is 2.48. The lowest BCUT2D eigenvalue weighted by atomic mass is 10.0. The molecule has 1 heterocycles. The third kappa shape index (κ3) is 2.31. The number of nitrogens with one attached hydrogen (secondary N) is 1. The van der Waals surface area contributed by atoms with E-state index in [-0.39, 0.29) is 18.4 Å². The maximum atomic E-state index is 9.36. The number of aliphatic hydroxyl groups is 1. The number of rotatable bonds is 2. The van der Waals surface area contributed by atoms with Gasteiger partial charge in [-0.05, 0) is 30.0 Å². The first-order valence-corrected chi connectivity index (χ1v) is 4.69. The number of hydrogen-bond acceptors (Lipinski definition) is 2. The third-order valence-corrected chi connectivity index (χ3v) is 2.48. The maximum absolute atomic E-state index is 9.36. The minimum Gasteiger partial charge on any atom is -0.391 e. The lowest BCUT2D eigenvalue weighted by molar-refractivity contribution is 0.164. The summed E-state index contributed by atoms with van der Waals surface area (Å²) in [6.07, 6.45) is 1.37. The second-order valence-electron chi connectivity index (χ2n) is 3.59. The first-order valence-electron chi connectivity index (χ1n) is 4.69. The van der Waals surface area contributed by atoms with Crippen LogP contribution in [0, 0.1) is 0 Å². The fraction of sp³-hybridized carbons (Fsp3) is 0.273. The lowest BCUT2D eigenvalue weighted by Crippen LogP contribution is -2.22. The van der Waals surface area contributed by atoms with E-state index in [0.717, 1.165) is 16.5 Å². The van der Waals surface area contributed by atoms with Crippen molar-refractivity contribution in [3.05, 3.63) is 36.0 Å². The van der Waals surface area contributed by atoms with Crippen LogP contribution in [0.1, 0.15) is 18.5 Å². The average Bonchev–Trinajstić information content (AvgIpc) is 2.62. The Morgan fingerprint density at radius 2 is 2.07 bits per heavy atom. The van der Waals surface area contributed by atoms with Crippen molar-refractivity contribution in [1.82, 2.24) is 4.98 Å². The summed E-state index contributed by atoms with van der Waals surface area (Å²) in [4.78, 5) is 3.12. The Kier molecular flexibility index (Phi) is 3.74. The molecule has 4 N–H and O–H groups in total. The molecular formula is C11H15ClN2O. The van der Waals surface area contributed by atoms with E-state index in [0.29, 0.717) is 0 Å². The van der Waals surface area contributed by atoms with Gasteiger partial charge in [0.15, 0.2) is 0 Å². The molecule has 4 heteroatoms. The number of nitrogens with two attached hydrogens (primary N) is 1. The zero-order valence-electron chi connectivity index (χ0n) is 8.47. The highest BCUT2D eigenvalue weighted by Crippen LogP contribution is 2.19. The summed E-state index contributed by atoms with van der Waals surface area (Å²) in [5.41, 5.74) is 7.84. The predicted molar refractivity (Wildman–Crippen MR) is 64.2 cm³/mol. The summed E-state index contributed by atoms with van der Waals surface area (Å²) in [6, 6.07) is 7.62. The number of hydrogen-bond donors (Lipinski definition) is 3. The van der Waals surface area contributed by atoms with Gasteiger partial charge in [0.1, 0.15) is 0 Å². The number of H-pyrrole nitrogens is 1. The summed E-state index contributed by atoms with van der Waals surface area (Å²) < 4.78 is 0. The van der Waals surface area contributed by atoms with Crippen LogP contribution in [-0.4, -0.2) is 16.2 Å². The van der Waals surface area contributed by atoms with Crippen molar-refractivity contribution in [1.29, 1.82) is 0 Å². The van der Waals surface area contributed by atoms with Crippen molar-refractivity contribution in [2.24, 2.45) is 5.73 Å². The van der Waals surface area contributed by atoms with Gasteiger partial charge in [-0.2, -0.15) is 0 Å². The van der Waals surface area contributed by atoms with Crippen LogP contribution in [0.15, 0.2) is 30.5 Å². The zero-order valence-corrected chi connectivity index (χ0v) is 9.29. The molecule has 0 aliphatic carbocycles. The van der Waals surface area contributed by atoms with Gasteiger partial charge >= 0.3 is 0 Å². The topological polar surface area (TPSA) is 62.0 Å². The van der Waals surface area contributed by atoms with Crippen LogP contribution in [0.2, 0.25) is 0 Å². The molecule has 0 spiro atoms. The minimum atomic E-state index is -0.526. The molecular weight excluding hydrogens is 212 g/mol. The van der Waals surface area contributed by atoms with Gasteiger partial charge in [-0.1, -0.05) is 12.1 Å². The number of aromatic nitrogens is 1. The largest absolute Gasteiger partial charge is 0.391 e. The van der Waals surface area contributed by atoms with Crippen molar-refractivity contribution in [3.8, 4) is 0 Å². The molecule has 1 aromatic carbocycles. The smallest absolute Gasteiger partial charge is 0.0704 e. The highest BCUT2D eigenvalue weighted by atomic mass is 35.5. The molecule has 2 rings (SSSR count). The van der Waals surface area contributed by atoms with E-state index >= 15 is 0 Å². The van der Waals surface area contributed by atoms with Gasteiger partial charge in [-0.15, -0.1) is 12.4 Å². The van der Waals surface area contributed by atoms with Crippen LogP contribution in [0.4, 0.5) is 0 Å². The van der Waals surface area contributed by atoms with Crippen molar-refractivity contribution in [2.75, 3.05) is 0 Å². The van der Waals surface area contributed by atoms with Gasteiger partial charge in [0.2, 0.25) is 0 Å². The highest BCUT2D eigenvalue weighted by Gasteiger charge is 2.11. The first-order chi connectivity index (χ1) is 6.68. The molecule has 0 radical (unpaired) electrons. The van der Waals surface area contributed by atoms with E-state index in [4.69, 9.17) is 5.73 Å². The molecule has 2 atom stereocenters. The van der Waals surface area contributed by atoms with E-state index in [1.807, 2.05) is 30.5 Å². The van der Waals surface area contributed by atoms with Crippen LogP contribution in [0.3, 0.4) is 0 Å². The van der Waals surface area contributed by atoms with Crippen molar-refractivity contribution in [3.63, 3.8) is 0 Å². The van der Waals surface area contributed by atoms with Gasteiger partial charge in [-0.25, -0.2) is 0 Å². The van der Waals surface area contributed by atoms with E-state index in [1.54, 1.807) is 6.92 Å². The molecule has 0 aliphatic rings. The van der Waals surface area contributed by atoms with Crippen LogP contribution >= 0.6 is 12.4 Å². The Morgan fingerprint density at radius 1 is 1.33 bits per heavy atom. The summed E-state index contributed by atoms with van der Waals surface area (Å²) in [7, 11) is 0. The Bertz CT molecular complexity index is 439. The van der Waals surface area contributed by atoms with Crippen molar-refractivity contribution in [2.45, 2.75) is 19.1 Å². The van der Waals surface area contributed by atoms with Gasteiger partial charge in [0, 0.05) is 11.7 Å². The molecule has 0 saturated carbocycles. The van der Waals surface area contributed by atoms with Crippen molar-refractivity contribution < 1.29 is 5.11 Å². The molecule has 1 aromatic heterocycles. The molecule has 82 valence electrons. The lowest BCUT2D eigenvalue weighted by Gasteiger charge is -2.14. The Hall–Kier alpha value is -1.03. The Labute approximate surface area is 94.7 Å². The van der Waals surface area contributed by atoms with Gasteiger partial charge in [0.25, 0.3) is 0 Å². The summed E-state index contributed by atoms with van der Waals surface area (Å²) in [5.74, 6) is 0. The van der Waals surface area contributed by atoms with Gasteiger partial charge in [0.05, 0.1) is 12.1 Å². The number of fused-ring (bicyclic) bond motifs is 1. The molecule has 0 unspecified atom stereocenters. The number of aliphatic hydroxyl groups excluding tert-OH is 1. The van der Waals surface area contributed by atoms with E-state index in [2.05, 4.69) is 4.98 Å². The number of halogens is 1. The number of aromatic amines is 1. The Balaban J connectivity index is 0.00000112. The molecule has 0 fully saturated rings. The van der Waals surface area contributed by atoms with Gasteiger partial charge < -0.3 is 15.8 Å². The zero-order chi connectivity index (χ0) is 10.1.